The van der Waals surface area contributed by atoms with Gasteiger partial charge in [-0.05, 0) is 59.0 Å². The molecule has 0 radical (unpaired) electrons. The quantitative estimate of drug-likeness (QED) is 0.738. The lowest BCUT2D eigenvalue weighted by atomic mass is 9.88. The van der Waals surface area contributed by atoms with Crippen molar-refractivity contribution in [1.29, 1.82) is 5.26 Å². The van der Waals surface area contributed by atoms with Gasteiger partial charge in [0.2, 0.25) is 0 Å². The summed E-state index contributed by atoms with van der Waals surface area (Å²) in [7, 11) is 2.22. The molecule has 0 saturated heterocycles. The van der Waals surface area contributed by atoms with Crippen LogP contribution in [0.4, 0.5) is 0 Å². The fourth-order valence-corrected chi connectivity index (χ4v) is 3.26. The van der Waals surface area contributed by atoms with Crippen molar-refractivity contribution in [2.45, 2.75) is 77.3 Å². The van der Waals surface area contributed by atoms with Crippen LogP contribution in [0, 0.1) is 17.2 Å². The van der Waals surface area contributed by atoms with Gasteiger partial charge in [0, 0.05) is 12.6 Å². The van der Waals surface area contributed by atoms with Crippen LogP contribution in [0.5, 0.6) is 0 Å². The van der Waals surface area contributed by atoms with Crippen molar-refractivity contribution in [3.8, 4) is 6.07 Å². The fraction of sp³-hybridized carbons (Fsp3) is 0.941. The summed E-state index contributed by atoms with van der Waals surface area (Å²) >= 11 is 0. The second-order valence-electron chi connectivity index (χ2n) is 6.87. The third-order valence-corrected chi connectivity index (χ3v) is 4.74. The van der Waals surface area contributed by atoms with Crippen molar-refractivity contribution >= 4 is 0 Å². The van der Waals surface area contributed by atoms with Crippen molar-refractivity contribution in [3.63, 3.8) is 0 Å². The zero-order valence-corrected chi connectivity index (χ0v) is 13.9. The first kappa shape index (κ1) is 17.5. The summed E-state index contributed by atoms with van der Waals surface area (Å²) in [5, 5.41) is 12.8. The molecule has 1 rings (SSSR count). The minimum Gasteiger partial charge on any atom is -0.303 e. The molecule has 3 nitrogen and oxygen atoms in total. The summed E-state index contributed by atoms with van der Waals surface area (Å²) in [6.07, 6.45) is 8.97. The van der Waals surface area contributed by atoms with E-state index in [1.165, 1.54) is 38.6 Å². The normalized spacial score (nSPS) is 21.4. The first-order valence-electron chi connectivity index (χ1n) is 8.37. The standard InChI is InChI=1S/C17H33N3/c1-5-11-19-17(3,14-18)12-15(2)20(4)13-16-9-7-6-8-10-16/h15-16,19H,5-13H2,1-4H3. The maximum atomic E-state index is 9.43. The molecular formula is C17H33N3. The van der Waals surface area contributed by atoms with Gasteiger partial charge in [-0.2, -0.15) is 5.26 Å². The molecular weight excluding hydrogens is 246 g/mol. The van der Waals surface area contributed by atoms with Crippen LogP contribution in [-0.2, 0) is 0 Å². The van der Waals surface area contributed by atoms with E-state index in [1.807, 2.05) is 6.92 Å². The molecule has 1 aliphatic carbocycles. The zero-order chi connectivity index (χ0) is 15.0. The smallest absolute Gasteiger partial charge is 0.105 e. The molecule has 0 aromatic rings. The zero-order valence-electron chi connectivity index (χ0n) is 13.9. The molecule has 2 atom stereocenters. The van der Waals surface area contributed by atoms with Crippen LogP contribution in [0.3, 0.4) is 0 Å². The molecule has 1 N–H and O–H groups in total. The molecule has 2 unspecified atom stereocenters. The highest BCUT2D eigenvalue weighted by Gasteiger charge is 2.28. The third kappa shape index (κ3) is 5.81. The molecule has 1 aliphatic rings. The van der Waals surface area contributed by atoms with Gasteiger partial charge in [-0.15, -0.1) is 0 Å². The fourth-order valence-electron chi connectivity index (χ4n) is 3.26. The first-order chi connectivity index (χ1) is 9.50. The summed E-state index contributed by atoms with van der Waals surface area (Å²) in [4.78, 5) is 2.46. The van der Waals surface area contributed by atoms with E-state index in [1.54, 1.807) is 0 Å². The second kappa shape index (κ2) is 8.64. The highest BCUT2D eigenvalue weighted by Crippen LogP contribution is 2.25. The van der Waals surface area contributed by atoms with Gasteiger partial charge in [0.25, 0.3) is 0 Å². The van der Waals surface area contributed by atoms with E-state index < -0.39 is 5.54 Å². The Balaban J connectivity index is 2.42. The van der Waals surface area contributed by atoms with Gasteiger partial charge in [0.05, 0.1) is 6.07 Å². The average molecular weight is 279 g/mol. The van der Waals surface area contributed by atoms with Crippen molar-refractivity contribution in [1.82, 2.24) is 10.2 Å². The van der Waals surface area contributed by atoms with Gasteiger partial charge in [0.1, 0.15) is 5.54 Å². The van der Waals surface area contributed by atoms with Crippen molar-refractivity contribution in [3.05, 3.63) is 0 Å². The van der Waals surface area contributed by atoms with Crippen LogP contribution in [-0.4, -0.2) is 36.6 Å². The van der Waals surface area contributed by atoms with E-state index in [-0.39, 0.29) is 0 Å². The number of nitrogens with one attached hydrogen (secondary N) is 1. The van der Waals surface area contributed by atoms with Crippen molar-refractivity contribution in [2.24, 2.45) is 5.92 Å². The molecule has 0 heterocycles. The largest absolute Gasteiger partial charge is 0.303 e. The van der Waals surface area contributed by atoms with Crippen molar-refractivity contribution in [2.75, 3.05) is 20.1 Å². The van der Waals surface area contributed by atoms with E-state index >= 15 is 0 Å². The number of hydrogen-bond acceptors (Lipinski definition) is 3. The molecule has 0 bridgehead atoms. The van der Waals surface area contributed by atoms with Gasteiger partial charge < -0.3 is 4.90 Å². The topological polar surface area (TPSA) is 39.1 Å². The Kier molecular flexibility index (Phi) is 7.55. The summed E-state index contributed by atoms with van der Waals surface area (Å²) < 4.78 is 0. The molecule has 1 saturated carbocycles. The Labute approximate surface area is 125 Å². The molecule has 0 aromatic carbocycles. The Hall–Kier alpha value is -0.590. The summed E-state index contributed by atoms with van der Waals surface area (Å²) in [6, 6.07) is 2.91. The van der Waals surface area contributed by atoms with Crippen LogP contribution in [0.15, 0.2) is 0 Å². The van der Waals surface area contributed by atoms with Gasteiger partial charge in [0.15, 0.2) is 0 Å². The lowest BCUT2D eigenvalue weighted by Crippen LogP contribution is -2.47. The van der Waals surface area contributed by atoms with Gasteiger partial charge in [-0.3, -0.25) is 5.32 Å². The molecule has 0 amide bonds. The van der Waals surface area contributed by atoms with Gasteiger partial charge in [-0.25, -0.2) is 0 Å². The van der Waals surface area contributed by atoms with Crippen LogP contribution in [0.2, 0.25) is 0 Å². The molecule has 0 aromatic heterocycles. The summed E-state index contributed by atoms with van der Waals surface area (Å²) in [5.41, 5.74) is -0.393. The number of nitriles is 1. The Morgan fingerprint density at radius 3 is 2.55 bits per heavy atom. The monoisotopic (exact) mass is 279 g/mol. The maximum Gasteiger partial charge on any atom is 0.105 e. The molecule has 20 heavy (non-hydrogen) atoms. The van der Waals surface area contributed by atoms with E-state index in [0.29, 0.717) is 6.04 Å². The lowest BCUT2D eigenvalue weighted by molar-refractivity contribution is 0.167. The SMILES string of the molecule is CCCNC(C)(C#N)CC(C)N(C)CC1CCCCC1. The van der Waals surface area contributed by atoms with E-state index in [4.69, 9.17) is 0 Å². The highest BCUT2D eigenvalue weighted by atomic mass is 15.1. The predicted molar refractivity (Wildman–Crippen MR) is 85.6 cm³/mol. The molecule has 0 spiro atoms. The van der Waals surface area contributed by atoms with E-state index in [9.17, 15) is 5.26 Å². The lowest BCUT2D eigenvalue weighted by Gasteiger charge is -2.34. The van der Waals surface area contributed by atoms with Crippen LogP contribution >= 0.6 is 0 Å². The summed E-state index contributed by atoms with van der Waals surface area (Å²) in [5.74, 6) is 0.869. The van der Waals surface area contributed by atoms with Crippen LogP contribution < -0.4 is 5.32 Å². The van der Waals surface area contributed by atoms with Crippen LogP contribution in [0.25, 0.3) is 0 Å². The first-order valence-corrected chi connectivity index (χ1v) is 8.37. The van der Waals surface area contributed by atoms with Gasteiger partial charge >= 0.3 is 0 Å². The van der Waals surface area contributed by atoms with Crippen LogP contribution in [0.1, 0.15) is 65.7 Å². The second-order valence-corrected chi connectivity index (χ2v) is 6.87. The molecule has 1 fully saturated rings. The number of rotatable bonds is 8. The summed E-state index contributed by atoms with van der Waals surface area (Å²) in [6.45, 7) is 8.54. The minimum atomic E-state index is -0.393. The third-order valence-electron chi connectivity index (χ3n) is 4.74. The predicted octanol–water partition coefficient (Wildman–Crippen LogP) is 3.56. The Morgan fingerprint density at radius 1 is 1.35 bits per heavy atom. The Morgan fingerprint density at radius 2 is 2.00 bits per heavy atom. The van der Waals surface area contributed by atoms with E-state index in [0.717, 1.165) is 25.3 Å². The maximum absolute atomic E-state index is 9.43. The minimum absolute atomic E-state index is 0.393. The number of hydrogen-bond donors (Lipinski definition) is 1. The molecule has 3 heteroatoms. The van der Waals surface area contributed by atoms with Gasteiger partial charge in [-0.1, -0.05) is 26.2 Å². The molecule has 116 valence electrons. The molecule has 0 aliphatic heterocycles. The van der Waals surface area contributed by atoms with Crippen molar-refractivity contribution < 1.29 is 0 Å². The Bertz CT molecular complexity index is 304. The highest BCUT2D eigenvalue weighted by molar-refractivity contribution is 5.05. The van der Waals surface area contributed by atoms with E-state index in [2.05, 4.69) is 37.2 Å². The average Bonchev–Trinajstić information content (AvgIpc) is 2.46. The number of nitrogens with zero attached hydrogens (tertiary/aromatic N) is 2.